The Bertz CT molecular complexity index is 348. The number of hydrogen-bond acceptors (Lipinski definition) is 2. The molecule has 1 unspecified atom stereocenters. The maximum absolute atomic E-state index is 11.6. The first kappa shape index (κ1) is 15.9. The molecule has 0 spiro atoms. The zero-order valence-electron chi connectivity index (χ0n) is 12.3. The third-order valence-corrected chi connectivity index (χ3v) is 3.34. The van der Waals surface area contributed by atoms with Crippen molar-refractivity contribution in [3.8, 4) is 0 Å². The van der Waals surface area contributed by atoms with Crippen LogP contribution in [0.4, 0.5) is 0 Å². The highest BCUT2D eigenvalue weighted by Gasteiger charge is 2.05. The van der Waals surface area contributed by atoms with E-state index in [0.717, 1.165) is 25.8 Å². The third kappa shape index (κ3) is 7.78. The van der Waals surface area contributed by atoms with Gasteiger partial charge in [0.1, 0.15) is 5.78 Å². The van der Waals surface area contributed by atoms with E-state index in [-0.39, 0.29) is 0 Å². The van der Waals surface area contributed by atoms with Gasteiger partial charge in [-0.05, 0) is 25.3 Å². The summed E-state index contributed by atoms with van der Waals surface area (Å²) in [5.41, 5.74) is 1.34. The Labute approximate surface area is 117 Å². The molecule has 0 amide bonds. The normalized spacial score (nSPS) is 12.3. The maximum atomic E-state index is 11.6. The Hall–Kier alpha value is -1.15. The van der Waals surface area contributed by atoms with Crippen LogP contribution in [-0.2, 0) is 11.2 Å². The summed E-state index contributed by atoms with van der Waals surface area (Å²) < 4.78 is 0. The Balaban J connectivity index is 2.10. The van der Waals surface area contributed by atoms with Crippen molar-refractivity contribution in [1.82, 2.24) is 5.32 Å². The fourth-order valence-electron chi connectivity index (χ4n) is 2.19. The van der Waals surface area contributed by atoms with Gasteiger partial charge in [0, 0.05) is 25.4 Å². The van der Waals surface area contributed by atoms with Crippen LogP contribution in [0.5, 0.6) is 0 Å². The van der Waals surface area contributed by atoms with Crippen molar-refractivity contribution >= 4 is 5.78 Å². The summed E-state index contributed by atoms with van der Waals surface area (Å²) in [7, 11) is 0. The molecule has 0 saturated carbocycles. The lowest BCUT2D eigenvalue weighted by atomic mass is 10.1. The van der Waals surface area contributed by atoms with Crippen LogP contribution in [0.2, 0.25) is 0 Å². The molecule has 0 aliphatic heterocycles. The number of unbranched alkanes of at least 4 members (excludes halogenated alkanes) is 2. The summed E-state index contributed by atoms with van der Waals surface area (Å²) in [6.07, 6.45) is 5.84. The van der Waals surface area contributed by atoms with E-state index in [0.29, 0.717) is 18.2 Å². The summed E-state index contributed by atoms with van der Waals surface area (Å²) in [4.78, 5) is 11.6. The van der Waals surface area contributed by atoms with Crippen molar-refractivity contribution in [1.29, 1.82) is 0 Å². The first-order valence-electron chi connectivity index (χ1n) is 7.51. The van der Waals surface area contributed by atoms with Crippen LogP contribution >= 0.6 is 0 Å². The predicted octanol–water partition coefficient (Wildman–Crippen LogP) is 3.75. The molecule has 0 saturated heterocycles. The molecule has 1 aromatic carbocycles. The highest BCUT2D eigenvalue weighted by molar-refractivity contribution is 5.78. The van der Waals surface area contributed by atoms with Crippen molar-refractivity contribution in [3.05, 3.63) is 35.9 Å². The van der Waals surface area contributed by atoms with E-state index in [1.165, 1.54) is 18.4 Å². The minimum absolute atomic E-state index is 0.396. The average Bonchev–Trinajstić information content (AvgIpc) is 2.40. The number of hydrogen-bond donors (Lipinski definition) is 1. The summed E-state index contributed by atoms with van der Waals surface area (Å²) in [6, 6.07) is 10.9. The van der Waals surface area contributed by atoms with Crippen LogP contribution in [0, 0.1) is 0 Å². The second-order valence-electron chi connectivity index (χ2n) is 5.29. The lowest BCUT2D eigenvalue weighted by Gasteiger charge is -2.13. The van der Waals surface area contributed by atoms with Gasteiger partial charge in [0.2, 0.25) is 0 Å². The van der Waals surface area contributed by atoms with Crippen LogP contribution in [0.25, 0.3) is 0 Å². The Kier molecular flexibility index (Phi) is 8.15. The highest BCUT2D eigenvalue weighted by Crippen LogP contribution is 2.04. The van der Waals surface area contributed by atoms with Gasteiger partial charge in [0.15, 0.2) is 0 Å². The highest BCUT2D eigenvalue weighted by atomic mass is 16.1. The largest absolute Gasteiger partial charge is 0.313 e. The quantitative estimate of drug-likeness (QED) is 0.650. The summed E-state index contributed by atoms with van der Waals surface area (Å²) in [5, 5.41) is 3.43. The molecule has 106 valence electrons. The van der Waals surface area contributed by atoms with Crippen molar-refractivity contribution in [2.45, 2.75) is 58.4 Å². The second kappa shape index (κ2) is 9.74. The van der Waals surface area contributed by atoms with Crippen LogP contribution in [0.3, 0.4) is 0 Å². The molecule has 1 N–H and O–H groups in total. The van der Waals surface area contributed by atoms with Crippen molar-refractivity contribution < 1.29 is 4.79 Å². The van der Waals surface area contributed by atoms with Gasteiger partial charge in [0.05, 0.1) is 0 Å². The molecule has 2 nitrogen and oxygen atoms in total. The number of benzene rings is 1. The van der Waals surface area contributed by atoms with E-state index in [2.05, 4.69) is 43.4 Å². The maximum Gasteiger partial charge on any atom is 0.134 e. The first-order chi connectivity index (χ1) is 9.22. The Morgan fingerprint density at radius 3 is 2.58 bits per heavy atom. The molecule has 0 aliphatic carbocycles. The smallest absolute Gasteiger partial charge is 0.134 e. The number of carbonyl (C=O) groups excluding carboxylic acids is 1. The lowest BCUT2D eigenvalue weighted by molar-refractivity contribution is -0.119. The molecule has 0 heterocycles. The SMILES string of the molecule is CCCCCC(=O)CCNC(C)Cc1ccccc1. The molecule has 0 bridgehead atoms. The van der Waals surface area contributed by atoms with Gasteiger partial charge < -0.3 is 5.32 Å². The first-order valence-corrected chi connectivity index (χ1v) is 7.51. The minimum Gasteiger partial charge on any atom is -0.313 e. The number of Topliss-reactive ketones (excluding diaryl/α,β-unsaturated/α-hetero) is 1. The van der Waals surface area contributed by atoms with Crippen molar-refractivity contribution in [3.63, 3.8) is 0 Å². The standard InChI is InChI=1S/C17H27NO/c1-3-4-6-11-17(19)12-13-18-15(2)14-16-9-7-5-8-10-16/h5,7-10,15,18H,3-4,6,11-14H2,1-2H3. The van der Waals surface area contributed by atoms with Gasteiger partial charge in [-0.3, -0.25) is 4.79 Å². The van der Waals surface area contributed by atoms with Gasteiger partial charge in [0.25, 0.3) is 0 Å². The molecule has 1 rings (SSSR count). The zero-order chi connectivity index (χ0) is 13.9. The number of nitrogens with one attached hydrogen (secondary N) is 1. The average molecular weight is 261 g/mol. The van der Waals surface area contributed by atoms with Crippen LogP contribution in [-0.4, -0.2) is 18.4 Å². The number of ketones is 1. The Morgan fingerprint density at radius 2 is 1.89 bits per heavy atom. The number of rotatable bonds is 10. The van der Waals surface area contributed by atoms with Crippen LogP contribution in [0.1, 0.15) is 51.5 Å². The molecular formula is C17H27NO. The second-order valence-corrected chi connectivity index (χ2v) is 5.29. The van der Waals surface area contributed by atoms with Gasteiger partial charge in [-0.2, -0.15) is 0 Å². The van der Waals surface area contributed by atoms with Gasteiger partial charge in [-0.1, -0.05) is 50.1 Å². The predicted molar refractivity (Wildman–Crippen MR) is 81.4 cm³/mol. The van der Waals surface area contributed by atoms with E-state index in [1.54, 1.807) is 0 Å². The van der Waals surface area contributed by atoms with Crippen molar-refractivity contribution in [2.75, 3.05) is 6.54 Å². The zero-order valence-corrected chi connectivity index (χ0v) is 12.3. The van der Waals surface area contributed by atoms with Crippen LogP contribution in [0.15, 0.2) is 30.3 Å². The molecule has 1 atom stereocenters. The number of carbonyl (C=O) groups is 1. The monoisotopic (exact) mass is 261 g/mol. The van der Waals surface area contributed by atoms with E-state index in [4.69, 9.17) is 0 Å². The molecule has 1 aromatic rings. The van der Waals surface area contributed by atoms with E-state index < -0.39 is 0 Å². The van der Waals surface area contributed by atoms with Gasteiger partial charge in [-0.15, -0.1) is 0 Å². The molecule has 19 heavy (non-hydrogen) atoms. The third-order valence-electron chi connectivity index (χ3n) is 3.34. The molecule has 2 heteroatoms. The van der Waals surface area contributed by atoms with Crippen molar-refractivity contribution in [2.24, 2.45) is 0 Å². The van der Waals surface area contributed by atoms with E-state index >= 15 is 0 Å². The van der Waals surface area contributed by atoms with Gasteiger partial charge >= 0.3 is 0 Å². The fourth-order valence-corrected chi connectivity index (χ4v) is 2.19. The summed E-state index contributed by atoms with van der Waals surface area (Å²) >= 11 is 0. The molecular weight excluding hydrogens is 234 g/mol. The van der Waals surface area contributed by atoms with E-state index in [1.807, 2.05) is 6.07 Å². The topological polar surface area (TPSA) is 29.1 Å². The Morgan fingerprint density at radius 1 is 1.16 bits per heavy atom. The fraction of sp³-hybridized carbons (Fsp3) is 0.588. The minimum atomic E-state index is 0.396. The van der Waals surface area contributed by atoms with Crippen LogP contribution < -0.4 is 5.32 Å². The van der Waals surface area contributed by atoms with Gasteiger partial charge in [-0.25, -0.2) is 0 Å². The van der Waals surface area contributed by atoms with E-state index in [9.17, 15) is 4.79 Å². The molecule has 0 aliphatic rings. The summed E-state index contributed by atoms with van der Waals surface area (Å²) in [6.45, 7) is 5.14. The summed E-state index contributed by atoms with van der Waals surface area (Å²) in [5.74, 6) is 0.396. The molecule has 0 radical (unpaired) electrons. The lowest BCUT2D eigenvalue weighted by Crippen LogP contribution is -2.30. The molecule has 0 fully saturated rings. The molecule has 0 aromatic heterocycles.